The van der Waals surface area contributed by atoms with Crippen molar-refractivity contribution in [3.8, 4) is 0 Å². The Morgan fingerprint density at radius 3 is 2.40 bits per heavy atom. The maximum absolute atomic E-state index is 12.7. The number of benzene rings is 1. The molecule has 1 heterocycles. The van der Waals surface area contributed by atoms with Gasteiger partial charge in [-0.1, -0.05) is 30.3 Å². The van der Waals surface area contributed by atoms with Crippen molar-refractivity contribution in [2.45, 2.75) is 19.3 Å². The number of hydrogen-bond donors (Lipinski definition) is 1. The molecule has 0 amide bonds. The molecule has 2 rings (SSSR count). The maximum atomic E-state index is 12.7. The lowest BCUT2D eigenvalue weighted by Crippen LogP contribution is -2.16. The Bertz CT molecular complexity index is 538. The van der Waals surface area contributed by atoms with Gasteiger partial charge in [-0.3, -0.25) is 4.68 Å². The molecule has 20 heavy (non-hydrogen) atoms. The molecule has 1 aromatic carbocycles. The van der Waals surface area contributed by atoms with E-state index in [2.05, 4.69) is 10.4 Å². The van der Waals surface area contributed by atoms with Gasteiger partial charge in [-0.25, -0.2) is 0 Å². The predicted molar refractivity (Wildman–Crippen MR) is 72.4 cm³/mol. The molecule has 0 aliphatic heterocycles. The number of aromatic nitrogens is 2. The van der Waals surface area contributed by atoms with Crippen molar-refractivity contribution < 1.29 is 13.2 Å². The van der Waals surface area contributed by atoms with Crippen molar-refractivity contribution in [1.29, 1.82) is 0 Å². The normalized spacial score (nSPS) is 11.2. The lowest BCUT2D eigenvalue weighted by Gasteiger charge is -2.07. The van der Waals surface area contributed by atoms with Crippen molar-refractivity contribution >= 4 is 12.4 Å². The third-order valence-electron chi connectivity index (χ3n) is 2.66. The van der Waals surface area contributed by atoms with Gasteiger partial charge in [-0.05, 0) is 5.56 Å². The van der Waals surface area contributed by atoms with Crippen LogP contribution in [0.5, 0.6) is 0 Å². The molecule has 0 atom stereocenters. The van der Waals surface area contributed by atoms with E-state index in [1.807, 2.05) is 30.3 Å². The van der Waals surface area contributed by atoms with Gasteiger partial charge in [0.05, 0.1) is 0 Å². The second-order valence-electron chi connectivity index (χ2n) is 4.26. The molecular weight excluding hydrogens is 291 g/mol. The summed E-state index contributed by atoms with van der Waals surface area (Å²) in [5.74, 6) is 0. The van der Waals surface area contributed by atoms with Gasteiger partial charge in [0, 0.05) is 31.9 Å². The highest BCUT2D eigenvalue weighted by molar-refractivity contribution is 5.85. The Kier molecular flexibility index (Phi) is 5.59. The smallest absolute Gasteiger partial charge is 0.308 e. The molecule has 0 bridgehead atoms. The van der Waals surface area contributed by atoms with Crippen LogP contribution in [0.25, 0.3) is 0 Å². The molecule has 0 saturated heterocycles. The first kappa shape index (κ1) is 16.5. The van der Waals surface area contributed by atoms with Gasteiger partial charge >= 0.3 is 6.18 Å². The number of rotatable bonds is 4. The quantitative estimate of drug-likeness (QED) is 0.940. The van der Waals surface area contributed by atoms with E-state index in [-0.39, 0.29) is 24.5 Å². The summed E-state index contributed by atoms with van der Waals surface area (Å²) < 4.78 is 39.3. The first-order valence-electron chi connectivity index (χ1n) is 5.81. The lowest BCUT2D eigenvalue weighted by atomic mass is 10.2. The number of aryl methyl sites for hydroxylation is 1. The molecule has 0 spiro atoms. The van der Waals surface area contributed by atoms with Crippen LogP contribution in [-0.4, -0.2) is 9.78 Å². The summed E-state index contributed by atoms with van der Waals surface area (Å²) in [6.07, 6.45) is -3.02. The highest BCUT2D eigenvalue weighted by atomic mass is 35.5. The number of halogens is 4. The van der Waals surface area contributed by atoms with Gasteiger partial charge in [-0.15, -0.1) is 12.4 Å². The van der Waals surface area contributed by atoms with Crippen LogP contribution in [0.1, 0.15) is 16.8 Å². The minimum absolute atomic E-state index is 0. The van der Waals surface area contributed by atoms with Crippen molar-refractivity contribution in [2.75, 3.05) is 0 Å². The van der Waals surface area contributed by atoms with Crippen LogP contribution in [0.4, 0.5) is 13.2 Å². The zero-order valence-corrected chi connectivity index (χ0v) is 11.6. The zero-order valence-electron chi connectivity index (χ0n) is 10.8. The Morgan fingerprint density at radius 2 is 1.80 bits per heavy atom. The molecule has 0 saturated carbocycles. The predicted octanol–water partition coefficient (Wildman–Crippen LogP) is 3.15. The van der Waals surface area contributed by atoms with Gasteiger partial charge in [0.2, 0.25) is 0 Å². The Balaban J connectivity index is 0.00000200. The van der Waals surface area contributed by atoms with E-state index in [1.165, 1.54) is 17.9 Å². The van der Waals surface area contributed by atoms with Gasteiger partial charge in [-0.2, -0.15) is 18.3 Å². The average molecular weight is 306 g/mol. The lowest BCUT2D eigenvalue weighted by molar-refractivity contribution is -0.142. The second-order valence-corrected chi connectivity index (χ2v) is 4.26. The first-order chi connectivity index (χ1) is 8.97. The topological polar surface area (TPSA) is 29.9 Å². The van der Waals surface area contributed by atoms with E-state index in [9.17, 15) is 13.2 Å². The number of hydrogen-bond acceptors (Lipinski definition) is 2. The van der Waals surface area contributed by atoms with Crippen LogP contribution in [0.2, 0.25) is 0 Å². The maximum Gasteiger partial charge on any atom is 0.435 e. The molecule has 1 aromatic heterocycles. The Hall–Kier alpha value is -1.53. The third-order valence-corrected chi connectivity index (χ3v) is 2.66. The van der Waals surface area contributed by atoms with Crippen molar-refractivity contribution in [1.82, 2.24) is 15.1 Å². The molecule has 0 radical (unpaired) electrons. The minimum atomic E-state index is -4.41. The van der Waals surface area contributed by atoms with E-state index >= 15 is 0 Å². The average Bonchev–Trinajstić information content (AvgIpc) is 2.72. The fraction of sp³-hybridized carbons (Fsp3) is 0.308. The highest BCUT2D eigenvalue weighted by Gasteiger charge is 2.36. The fourth-order valence-corrected chi connectivity index (χ4v) is 1.84. The Labute approximate surface area is 121 Å². The van der Waals surface area contributed by atoms with Crippen LogP contribution in [0.3, 0.4) is 0 Å². The third kappa shape index (κ3) is 4.25. The summed E-state index contributed by atoms with van der Waals surface area (Å²) in [5, 5.41) is 6.45. The van der Waals surface area contributed by atoms with Gasteiger partial charge < -0.3 is 5.32 Å². The number of nitrogens with zero attached hydrogens (tertiary/aromatic N) is 2. The molecular formula is C13H15ClF3N3. The van der Waals surface area contributed by atoms with E-state index in [1.54, 1.807) is 0 Å². The summed E-state index contributed by atoms with van der Waals surface area (Å²) in [6, 6.07) is 9.51. The van der Waals surface area contributed by atoms with Crippen molar-refractivity contribution in [3.63, 3.8) is 0 Å². The van der Waals surface area contributed by atoms with Gasteiger partial charge in [0.25, 0.3) is 0 Å². The van der Waals surface area contributed by atoms with Crippen molar-refractivity contribution in [3.05, 3.63) is 53.3 Å². The van der Waals surface area contributed by atoms with E-state index in [0.717, 1.165) is 5.56 Å². The molecule has 0 aliphatic carbocycles. The summed E-state index contributed by atoms with van der Waals surface area (Å²) in [7, 11) is 1.48. The van der Waals surface area contributed by atoms with Crippen LogP contribution >= 0.6 is 12.4 Å². The molecule has 0 unspecified atom stereocenters. The van der Waals surface area contributed by atoms with Crippen LogP contribution in [0.15, 0.2) is 36.5 Å². The van der Waals surface area contributed by atoms with Crippen LogP contribution in [-0.2, 0) is 26.3 Å². The number of alkyl halides is 3. The van der Waals surface area contributed by atoms with Gasteiger partial charge in [0.1, 0.15) is 0 Å². The summed E-state index contributed by atoms with van der Waals surface area (Å²) in [5.41, 5.74) is 0.362. The van der Waals surface area contributed by atoms with Crippen LogP contribution in [0, 0.1) is 0 Å². The van der Waals surface area contributed by atoms with E-state index < -0.39 is 11.9 Å². The molecule has 3 nitrogen and oxygen atoms in total. The zero-order chi connectivity index (χ0) is 13.9. The van der Waals surface area contributed by atoms with Crippen LogP contribution < -0.4 is 5.32 Å². The molecule has 110 valence electrons. The largest absolute Gasteiger partial charge is 0.435 e. The summed E-state index contributed by atoms with van der Waals surface area (Å²) in [4.78, 5) is 0. The summed E-state index contributed by atoms with van der Waals surface area (Å²) in [6.45, 7) is 0.657. The number of nitrogens with one attached hydrogen (secondary N) is 1. The van der Waals surface area contributed by atoms with E-state index in [0.29, 0.717) is 6.54 Å². The molecule has 1 N–H and O–H groups in total. The molecule has 7 heteroatoms. The molecule has 0 fully saturated rings. The van der Waals surface area contributed by atoms with E-state index in [4.69, 9.17) is 0 Å². The van der Waals surface area contributed by atoms with Gasteiger partial charge in [0.15, 0.2) is 5.69 Å². The molecule has 0 aliphatic rings. The SMILES string of the molecule is Cl.Cn1cc(CNCc2ccccc2)c(C(F)(F)F)n1. The monoisotopic (exact) mass is 305 g/mol. The second kappa shape index (κ2) is 6.76. The minimum Gasteiger partial charge on any atom is -0.308 e. The highest BCUT2D eigenvalue weighted by Crippen LogP contribution is 2.30. The van der Waals surface area contributed by atoms with Crippen molar-refractivity contribution in [2.24, 2.45) is 7.05 Å². The Morgan fingerprint density at radius 1 is 1.15 bits per heavy atom. The first-order valence-corrected chi connectivity index (χ1v) is 5.81. The standard InChI is InChI=1S/C13H14F3N3.ClH/c1-19-9-11(12(18-19)13(14,15)16)8-17-7-10-5-3-2-4-6-10;/h2-6,9,17H,7-8H2,1H3;1H. The molecule has 2 aromatic rings. The fourth-order valence-electron chi connectivity index (χ4n) is 1.84. The summed E-state index contributed by atoms with van der Waals surface area (Å²) >= 11 is 0.